The van der Waals surface area contributed by atoms with E-state index in [2.05, 4.69) is 34.3 Å². The first-order chi connectivity index (χ1) is 6.11. The molecule has 1 aromatic rings. The van der Waals surface area contributed by atoms with E-state index < -0.39 is 0 Å². The van der Waals surface area contributed by atoms with Crippen LogP contribution < -0.4 is 0 Å². The van der Waals surface area contributed by atoms with Crippen LogP contribution in [0.15, 0.2) is 15.9 Å². The highest BCUT2D eigenvalue weighted by Crippen LogP contribution is 2.29. The summed E-state index contributed by atoms with van der Waals surface area (Å²) in [5.41, 5.74) is 0. The molecule has 1 heterocycles. The van der Waals surface area contributed by atoms with E-state index in [4.69, 9.17) is 0 Å². The molecule has 0 aliphatic rings. The molecule has 4 heteroatoms. The number of aliphatic hydroxyl groups excluding tert-OH is 1. The third kappa shape index (κ3) is 3.62. The Kier molecular flexibility index (Phi) is 4.80. The standard InChI is InChI=1S/C9H13BrOS2/c1-6(11)7(2)13-5-9-8(10)3-4-12-9/h3-4,6-7,11H,5H2,1-2H3. The largest absolute Gasteiger partial charge is 0.392 e. The molecule has 0 saturated heterocycles. The number of hydrogen-bond acceptors (Lipinski definition) is 3. The second kappa shape index (κ2) is 5.39. The van der Waals surface area contributed by atoms with Crippen LogP contribution in [0.5, 0.6) is 0 Å². The molecule has 2 unspecified atom stereocenters. The van der Waals surface area contributed by atoms with Crippen molar-refractivity contribution in [2.24, 2.45) is 0 Å². The van der Waals surface area contributed by atoms with Gasteiger partial charge < -0.3 is 5.11 Å². The van der Waals surface area contributed by atoms with E-state index in [1.165, 1.54) is 9.35 Å². The maximum absolute atomic E-state index is 9.29. The Balaban J connectivity index is 2.39. The van der Waals surface area contributed by atoms with E-state index in [-0.39, 0.29) is 6.10 Å². The van der Waals surface area contributed by atoms with Gasteiger partial charge in [-0.15, -0.1) is 11.3 Å². The average Bonchev–Trinajstić information content (AvgIpc) is 2.47. The highest BCUT2D eigenvalue weighted by Gasteiger charge is 2.10. The first-order valence-electron chi connectivity index (χ1n) is 4.12. The number of hydrogen-bond donors (Lipinski definition) is 1. The van der Waals surface area contributed by atoms with Crippen molar-refractivity contribution in [3.63, 3.8) is 0 Å². The third-order valence-corrected chi connectivity index (χ3v) is 5.33. The van der Waals surface area contributed by atoms with Gasteiger partial charge in [0.2, 0.25) is 0 Å². The predicted octanol–water partition coefficient (Wildman–Crippen LogP) is 3.51. The van der Waals surface area contributed by atoms with Crippen LogP contribution in [0, 0.1) is 0 Å². The lowest BCUT2D eigenvalue weighted by molar-refractivity contribution is 0.196. The summed E-state index contributed by atoms with van der Waals surface area (Å²) in [6.45, 7) is 3.89. The summed E-state index contributed by atoms with van der Waals surface area (Å²) in [6.07, 6.45) is -0.233. The zero-order valence-electron chi connectivity index (χ0n) is 7.66. The normalized spacial score (nSPS) is 15.7. The van der Waals surface area contributed by atoms with Gasteiger partial charge in [-0.25, -0.2) is 0 Å². The summed E-state index contributed by atoms with van der Waals surface area (Å²) in [4.78, 5) is 1.34. The number of halogens is 1. The molecule has 1 rings (SSSR count). The fourth-order valence-electron chi connectivity index (χ4n) is 0.774. The quantitative estimate of drug-likeness (QED) is 0.911. The van der Waals surface area contributed by atoms with Gasteiger partial charge in [0.05, 0.1) is 6.10 Å². The van der Waals surface area contributed by atoms with Crippen LogP contribution in [-0.4, -0.2) is 16.5 Å². The zero-order chi connectivity index (χ0) is 9.84. The minimum Gasteiger partial charge on any atom is -0.392 e. The molecule has 1 nitrogen and oxygen atoms in total. The molecule has 0 fully saturated rings. The van der Waals surface area contributed by atoms with E-state index in [9.17, 15) is 5.11 Å². The van der Waals surface area contributed by atoms with Gasteiger partial charge in [0.25, 0.3) is 0 Å². The summed E-state index contributed by atoms with van der Waals surface area (Å²) in [6, 6.07) is 2.06. The molecular weight excluding hydrogens is 268 g/mol. The van der Waals surface area contributed by atoms with Crippen molar-refractivity contribution in [2.75, 3.05) is 0 Å². The molecule has 0 aliphatic heterocycles. The van der Waals surface area contributed by atoms with Crippen LogP contribution in [0.3, 0.4) is 0 Å². The summed E-state index contributed by atoms with van der Waals surface area (Å²) in [7, 11) is 0. The van der Waals surface area contributed by atoms with E-state index in [1.807, 2.05) is 6.92 Å². The summed E-state index contributed by atoms with van der Waals surface area (Å²) >= 11 is 7.03. The van der Waals surface area contributed by atoms with Gasteiger partial charge in [-0.05, 0) is 34.3 Å². The smallest absolute Gasteiger partial charge is 0.0628 e. The van der Waals surface area contributed by atoms with Gasteiger partial charge in [-0.3, -0.25) is 0 Å². The molecule has 0 aliphatic carbocycles. The minimum absolute atomic E-state index is 0.233. The Hall–Kier alpha value is 0.490. The Morgan fingerprint density at radius 1 is 1.62 bits per heavy atom. The summed E-state index contributed by atoms with van der Waals surface area (Å²) in [5.74, 6) is 0.977. The maximum atomic E-state index is 9.29. The monoisotopic (exact) mass is 280 g/mol. The first-order valence-corrected chi connectivity index (χ1v) is 6.85. The van der Waals surface area contributed by atoms with Crippen molar-refractivity contribution in [3.8, 4) is 0 Å². The number of thiophene rings is 1. The van der Waals surface area contributed by atoms with Crippen molar-refractivity contribution < 1.29 is 5.11 Å². The zero-order valence-corrected chi connectivity index (χ0v) is 10.9. The second-order valence-corrected chi connectivity index (χ2v) is 6.17. The molecule has 74 valence electrons. The van der Waals surface area contributed by atoms with Crippen molar-refractivity contribution in [1.29, 1.82) is 0 Å². The van der Waals surface area contributed by atoms with E-state index in [1.54, 1.807) is 23.1 Å². The van der Waals surface area contributed by atoms with Crippen molar-refractivity contribution >= 4 is 39.0 Å². The highest BCUT2D eigenvalue weighted by molar-refractivity contribution is 9.10. The second-order valence-electron chi connectivity index (χ2n) is 2.95. The lowest BCUT2D eigenvalue weighted by atomic mass is 10.3. The van der Waals surface area contributed by atoms with Gasteiger partial charge >= 0.3 is 0 Å². The molecule has 0 bridgehead atoms. The molecule has 13 heavy (non-hydrogen) atoms. The minimum atomic E-state index is -0.233. The molecule has 1 aromatic heterocycles. The molecular formula is C9H13BrOS2. The van der Waals surface area contributed by atoms with E-state index in [0.717, 1.165) is 5.75 Å². The number of rotatable bonds is 4. The molecule has 0 radical (unpaired) electrons. The van der Waals surface area contributed by atoms with Crippen LogP contribution in [-0.2, 0) is 5.75 Å². The van der Waals surface area contributed by atoms with Crippen LogP contribution in [0.25, 0.3) is 0 Å². The molecule has 0 amide bonds. The van der Waals surface area contributed by atoms with Crippen LogP contribution in [0.2, 0.25) is 0 Å². The van der Waals surface area contributed by atoms with E-state index >= 15 is 0 Å². The summed E-state index contributed by atoms with van der Waals surface area (Å²) < 4.78 is 1.18. The Morgan fingerprint density at radius 3 is 2.77 bits per heavy atom. The lowest BCUT2D eigenvalue weighted by Crippen LogP contribution is -2.15. The molecule has 0 spiro atoms. The summed E-state index contributed by atoms with van der Waals surface area (Å²) in [5, 5.41) is 11.7. The fraction of sp³-hybridized carbons (Fsp3) is 0.556. The number of thioether (sulfide) groups is 1. The van der Waals surface area contributed by atoms with Crippen LogP contribution in [0.1, 0.15) is 18.7 Å². The van der Waals surface area contributed by atoms with Crippen molar-refractivity contribution in [2.45, 2.75) is 31.0 Å². The molecule has 2 atom stereocenters. The van der Waals surface area contributed by atoms with E-state index in [0.29, 0.717) is 5.25 Å². The highest BCUT2D eigenvalue weighted by atomic mass is 79.9. The average molecular weight is 281 g/mol. The van der Waals surface area contributed by atoms with Crippen LogP contribution >= 0.6 is 39.0 Å². The predicted molar refractivity (Wildman–Crippen MR) is 64.5 cm³/mol. The first kappa shape index (κ1) is 11.6. The fourth-order valence-corrected chi connectivity index (χ4v) is 3.56. The van der Waals surface area contributed by atoms with Gasteiger partial charge in [-0.1, -0.05) is 6.92 Å². The Bertz CT molecular complexity index is 260. The Labute approximate surface area is 95.7 Å². The number of aliphatic hydroxyl groups is 1. The van der Waals surface area contributed by atoms with Gasteiger partial charge in [0, 0.05) is 20.4 Å². The van der Waals surface area contributed by atoms with Crippen molar-refractivity contribution in [1.82, 2.24) is 0 Å². The van der Waals surface area contributed by atoms with Gasteiger partial charge in [-0.2, -0.15) is 11.8 Å². The van der Waals surface area contributed by atoms with Crippen LogP contribution in [0.4, 0.5) is 0 Å². The molecule has 0 saturated carbocycles. The van der Waals surface area contributed by atoms with Gasteiger partial charge in [0.1, 0.15) is 0 Å². The molecule has 1 N–H and O–H groups in total. The third-order valence-electron chi connectivity index (χ3n) is 1.85. The van der Waals surface area contributed by atoms with Gasteiger partial charge in [0.15, 0.2) is 0 Å². The van der Waals surface area contributed by atoms with Crippen molar-refractivity contribution in [3.05, 3.63) is 20.8 Å². The topological polar surface area (TPSA) is 20.2 Å². The lowest BCUT2D eigenvalue weighted by Gasteiger charge is -2.13. The Morgan fingerprint density at radius 2 is 2.31 bits per heavy atom. The molecule has 0 aromatic carbocycles. The SMILES string of the molecule is CC(O)C(C)SCc1sccc1Br. The maximum Gasteiger partial charge on any atom is 0.0628 e.